The van der Waals surface area contributed by atoms with Gasteiger partial charge in [0.15, 0.2) is 0 Å². The van der Waals surface area contributed by atoms with Crippen molar-refractivity contribution in [2.75, 3.05) is 19.6 Å². The van der Waals surface area contributed by atoms with Gasteiger partial charge in [0.1, 0.15) is 0 Å². The lowest BCUT2D eigenvalue weighted by Crippen LogP contribution is -2.48. The van der Waals surface area contributed by atoms with Gasteiger partial charge < -0.3 is 15.2 Å². The van der Waals surface area contributed by atoms with E-state index in [1.165, 1.54) is 18.4 Å². The first kappa shape index (κ1) is 23.4. The van der Waals surface area contributed by atoms with Crippen LogP contribution in [-0.2, 0) is 13.1 Å². The second-order valence-electron chi connectivity index (χ2n) is 11.2. The molecule has 3 aromatic rings. The number of carbonyl (C=O) groups is 1. The molecule has 1 aliphatic heterocycles. The lowest BCUT2D eigenvalue weighted by molar-refractivity contribution is 0.0951. The minimum atomic E-state index is -0.00369. The molecule has 6 heteroatoms. The quantitative estimate of drug-likeness (QED) is 0.531. The summed E-state index contributed by atoms with van der Waals surface area (Å²) in [6, 6.07) is 12.9. The van der Waals surface area contributed by atoms with E-state index in [0.717, 1.165) is 73.0 Å². The maximum absolute atomic E-state index is 13.4. The van der Waals surface area contributed by atoms with Crippen LogP contribution in [0.15, 0.2) is 47.4 Å². The first-order chi connectivity index (χ1) is 17.4. The molecule has 1 unspecified atom stereocenters. The Kier molecular flexibility index (Phi) is 6.18. The molecule has 3 fully saturated rings. The highest BCUT2D eigenvalue weighted by molar-refractivity contribution is 5.97. The predicted molar refractivity (Wildman–Crippen MR) is 144 cm³/mol. The van der Waals surface area contributed by atoms with Crippen LogP contribution in [0.4, 0.5) is 0 Å². The van der Waals surface area contributed by atoms with Crippen LogP contribution in [0.2, 0.25) is 0 Å². The third-order valence-corrected chi connectivity index (χ3v) is 7.89. The van der Waals surface area contributed by atoms with Gasteiger partial charge in [0.2, 0.25) is 0 Å². The molecule has 188 valence electrons. The normalized spacial score (nSPS) is 20.6. The van der Waals surface area contributed by atoms with Crippen molar-refractivity contribution in [1.29, 1.82) is 0 Å². The van der Waals surface area contributed by atoms with Gasteiger partial charge in [-0.15, -0.1) is 0 Å². The van der Waals surface area contributed by atoms with Gasteiger partial charge in [0, 0.05) is 62.0 Å². The largest absolute Gasteiger partial charge is 0.349 e. The maximum Gasteiger partial charge on any atom is 0.258 e. The van der Waals surface area contributed by atoms with E-state index in [9.17, 15) is 9.59 Å². The van der Waals surface area contributed by atoms with Gasteiger partial charge in [0.05, 0.1) is 0 Å². The molecule has 3 aliphatic rings. The number of pyridine rings is 1. The molecule has 1 amide bonds. The molecule has 1 saturated heterocycles. The summed E-state index contributed by atoms with van der Waals surface area (Å²) in [5, 5.41) is 8.45. The number of amides is 1. The second-order valence-corrected chi connectivity index (χ2v) is 11.2. The number of benzene rings is 2. The summed E-state index contributed by atoms with van der Waals surface area (Å²) < 4.78 is 1.95. The Morgan fingerprint density at radius 3 is 2.67 bits per heavy atom. The van der Waals surface area contributed by atoms with Crippen LogP contribution in [0, 0.1) is 12.8 Å². The van der Waals surface area contributed by atoms with E-state index in [1.54, 1.807) is 0 Å². The summed E-state index contributed by atoms with van der Waals surface area (Å²) in [4.78, 5) is 28.6. The SMILES string of the molecule is Cc1ccc(C(=O)NC2CC2)cc1-c1ccc2c(=O)n(CC3CC3)cc(CN3CCNC(C)C3)c2c1. The molecule has 6 nitrogen and oxygen atoms in total. The van der Waals surface area contributed by atoms with Crippen molar-refractivity contribution in [2.24, 2.45) is 5.92 Å². The number of piperazine rings is 1. The van der Waals surface area contributed by atoms with Crippen LogP contribution in [0.25, 0.3) is 21.9 Å². The van der Waals surface area contributed by atoms with Gasteiger partial charge in [-0.3, -0.25) is 14.5 Å². The van der Waals surface area contributed by atoms with Crippen LogP contribution in [0.5, 0.6) is 0 Å². The molecule has 2 saturated carbocycles. The Morgan fingerprint density at radius 1 is 1.08 bits per heavy atom. The minimum Gasteiger partial charge on any atom is -0.349 e. The smallest absolute Gasteiger partial charge is 0.258 e. The third kappa shape index (κ3) is 4.97. The Balaban J connectivity index is 1.41. The standard InChI is InChI=1S/C30H36N4O2/c1-19-3-6-23(29(35)32-25-8-9-25)14-27(19)22-7-10-26-28(13-22)24(17-33-12-11-31-20(2)15-33)18-34(30(26)36)16-21-4-5-21/h3,6-7,10,13-14,18,20-21,25,31H,4-5,8-9,11-12,15-17H2,1-2H3,(H,32,35). The highest BCUT2D eigenvalue weighted by Gasteiger charge is 2.25. The van der Waals surface area contributed by atoms with Crippen molar-refractivity contribution in [3.05, 3.63) is 69.6 Å². The molecule has 36 heavy (non-hydrogen) atoms. The number of carbonyl (C=O) groups excluding carboxylic acids is 1. The van der Waals surface area contributed by atoms with E-state index in [4.69, 9.17) is 0 Å². The highest BCUT2D eigenvalue weighted by Crippen LogP contribution is 2.32. The number of hydrogen-bond donors (Lipinski definition) is 2. The highest BCUT2D eigenvalue weighted by atomic mass is 16.1. The molecule has 0 radical (unpaired) electrons. The van der Waals surface area contributed by atoms with Crippen molar-refractivity contribution in [1.82, 2.24) is 20.1 Å². The average molecular weight is 485 g/mol. The number of rotatable bonds is 7. The number of aromatic nitrogens is 1. The monoisotopic (exact) mass is 484 g/mol. The fourth-order valence-electron chi connectivity index (χ4n) is 5.44. The van der Waals surface area contributed by atoms with E-state index in [2.05, 4.69) is 41.6 Å². The third-order valence-electron chi connectivity index (χ3n) is 7.89. The van der Waals surface area contributed by atoms with Gasteiger partial charge >= 0.3 is 0 Å². The maximum atomic E-state index is 13.4. The molecule has 2 N–H and O–H groups in total. The molecule has 1 atom stereocenters. The molecular weight excluding hydrogens is 448 g/mol. The Morgan fingerprint density at radius 2 is 1.92 bits per heavy atom. The van der Waals surface area contributed by atoms with Crippen LogP contribution < -0.4 is 16.2 Å². The number of nitrogens with one attached hydrogen (secondary N) is 2. The number of nitrogens with zero attached hydrogens (tertiary/aromatic N) is 2. The molecule has 2 heterocycles. The summed E-state index contributed by atoms with van der Waals surface area (Å²) in [5.74, 6) is 0.634. The zero-order valence-electron chi connectivity index (χ0n) is 21.3. The first-order valence-corrected chi connectivity index (χ1v) is 13.5. The van der Waals surface area contributed by atoms with Crippen molar-refractivity contribution in [3.63, 3.8) is 0 Å². The van der Waals surface area contributed by atoms with Crippen molar-refractivity contribution in [3.8, 4) is 11.1 Å². The lowest BCUT2D eigenvalue weighted by atomic mass is 9.94. The summed E-state index contributed by atoms with van der Waals surface area (Å²) >= 11 is 0. The van der Waals surface area contributed by atoms with Gasteiger partial charge in [-0.25, -0.2) is 0 Å². The van der Waals surface area contributed by atoms with Crippen molar-refractivity contribution in [2.45, 2.75) is 64.7 Å². The second kappa shape index (κ2) is 9.49. The van der Waals surface area contributed by atoms with Crippen LogP contribution in [0.3, 0.4) is 0 Å². The van der Waals surface area contributed by atoms with Gasteiger partial charge in [-0.1, -0.05) is 12.1 Å². The van der Waals surface area contributed by atoms with Gasteiger partial charge in [-0.2, -0.15) is 0 Å². The Labute approximate surface area is 212 Å². The van der Waals surface area contributed by atoms with E-state index < -0.39 is 0 Å². The summed E-state index contributed by atoms with van der Waals surface area (Å²) in [6.07, 6.45) is 6.70. The zero-order valence-corrected chi connectivity index (χ0v) is 21.3. The topological polar surface area (TPSA) is 66.4 Å². The fraction of sp³-hybridized carbons (Fsp3) is 0.467. The zero-order chi connectivity index (χ0) is 24.8. The Hall–Kier alpha value is -2.96. The number of fused-ring (bicyclic) bond motifs is 1. The lowest BCUT2D eigenvalue weighted by Gasteiger charge is -2.32. The van der Waals surface area contributed by atoms with E-state index in [1.807, 2.05) is 34.9 Å². The minimum absolute atomic E-state index is 0.00369. The van der Waals surface area contributed by atoms with E-state index in [0.29, 0.717) is 23.6 Å². The van der Waals surface area contributed by atoms with Gasteiger partial charge in [0.25, 0.3) is 11.5 Å². The van der Waals surface area contributed by atoms with Crippen molar-refractivity contribution < 1.29 is 4.79 Å². The number of aryl methyl sites for hydroxylation is 1. The first-order valence-electron chi connectivity index (χ1n) is 13.5. The molecular formula is C30H36N4O2. The molecule has 6 rings (SSSR count). The Bertz CT molecular complexity index is 1370. The van der Waals surface area contributed by atoms with Crippen LogP contribution in [0.1, 0.15) is 54.1 Å². The van der Waals surface area contributed by atoms with E-state index >= 15 is 0 Å². The molecule has 2 aliphatic carbocycles. The molecule has 0 bridgehead atoms. The van der Waals surface area contributed by atoms with Crippen LogP contribution >= 0.6 is 0 Å². The molecule has 1 aromatic heterocycles. The molecule has 0 spiro atoms. The fourth-order valence-corrected chi connectivity index (χ4v) is 5.44. The van der Waals surface area contributed by atoms with Crippen molar-refractivity contribution >= 4 is 16.7 Å². The summed E-state index contributed by atoms with van der Waals surface area (Å²) in [6.45, 7) is 8.95. The molecule has 2 aromatic carbocycles. The van der Waals surface area contributed by atoms with Crippen LogP contribution in [-0.4, -0.2) is 47.1 Å². The van der Waals surface area contributed by atoms with Gasteiger partial charge in [-0.05, 0) is 97.4 Å². The summed E-state index contributed by atoms with van der Waals surface area (Å²) in [7, 11) is 0. The summed E-state index contributed by atoms with van der Waals surface area (Å²) in [5.41, 5.74) is 5.23. The average Bonchev–Trinajstić information content (AvgIpc) is 3.79. The predicted octanol–water partition coefficient (Wildman–Crippen LogP) is 4.07. The number of hydrogen-bond acceptors (Lipinski definition) is 4. The van der Waals surface area contributed by atoms with E-state index in [-0.39, 0.29) is 11.5 Å².